The van der Waals surface area contributed by atoms with Crippen LogP contribution in [0.3, 0.4) is 0 Å². The molecule has 0 aliphatic carbocycles. The molecule has 6 nitrogen and oxygen atoms in total. The molecule has 0 aromatic heterocycles. The van der Waals surface area contributed by atoms with E-state index < -0.39 is 10.9 Å². The zero-order valence-corrected chi connectivity index (χ0v) is 11.7. The Bertz CT molecular complexity index is 451. The number of halogens is 1. The van der Waals surface area contributed by atoms with Gasteiger partial charge < -0.3 is 10.4 Å². The fourth-order valence-electron chi connectivity index (χ4n) is 1.43. The summed E-state index contributed by atoms with van der Waals surface area (Å²) in [6.45, 7) is 0.523. The molecule has 1 rings (SSSR count). The van der Waals surface area contributed by atoms with Crippen molar-refractivity contribution >= 4 is 39.9 Å². The third-order valence-electron chi connectivity index (χ3n) is 2.29. The monoisotopic (exact) mass is 364 g/mol. The number of anilines is 1. The van der Waals surface area contributed by atoms with E-state index in [2.05, 4.69) is 5.32 Å². The third kappa shape index (κ3) is 4.86. The summed E-state index contributed by atoms with van der Waals surface area (Å²) < 4.78 is 0.802. The van der Waals surface area contributed by atoms with Gasteiger partial charge in [0.15, 0.2) is 0 Å². The second kappa shape index (κ2) is 7.14. The SMILES string of the molecule is O=C(O)CCCCNc1ccc(I)cc1[N+](=O)[O-]. The van der Waals surface area contributed by atoms with Gasteiger partial charge in [-0.1, -0.05) is 0 Å². The average molecular weight is 364 g/mol. The van der Waals surface area contributed by atoms with E-state index in [9.17, 15) is 14.9 Å². The Morgan fingerprint density at radius 3 is 2.78 bits per heavy atom. The first-order valence-electron chi connectivity index (χ1n) is 5.40. The smallest absolute Gasteiger partial charge is 0.303 e. The number of carbonyl (C=O) groups is 1. The predicted octanol–water partition coefficient (Wildman–Crippen LogP) is 2.87. The molecular formula is C11H13IN2O4. The van der Waals surface area contributed by atoms with E-state index in [-0.39, 0.29) is 12.1 Å². The predicted molar refractivity (Wildman–Crippen MR) is 75.8 cm³/mol. The fourth-order valence-corrected chi connectivity index (χ4v) is 1.90. The number of nitrogens with zero attached hydrogens (tertiary/aromatic N) is 1. The number of carboxylic acids is 1. The number of nitrogens with one attached hydrogen (secondary N) is 1. The van der Waals surface area contributed by atoms with Gasteiger partial charge >= 0.3 is 5.97 Å². The molecule has 0 saturated heterocycles. The van der Waals surface area contributed by atoms with Crippen molar-refractivity contribution in [2.75, 3.05) is 11.9 Å². The van der Waals surface area contributed by atoms with E-state index in [1.54, 1.807) is 12.1 Å². The highest BCUT2D eigenvalue weighted by Gasteiger charge is 2.13. The zero-order valence-electron chi connectivity index (χ0n) is 9.56. The van der Waals surface area contributed by atoms with Gasteiger partial charge in [-0.3, -0.25) is 14.9 Å². The van der Waals surface area contributed by atoms with Crippen molar-refractivity contribution < 1.29 is 14.8 Å². The van der Waals surface area contributed by atoms with E-state index in [0.29, 0.717) is 25.1 Å². The van der Waals surface area contributed by atoms with Gasteiger partial charge in [0.2, 0.25) is 0 Å². The minimum atomic E-state index is -0.824. The highest BCUT2D eigenvalue weighted by Crippen LogP contribution is 2.26. The van der Waals surface area contributed by atoms with Gasteiger partial charge in [-0.15, -0.1) is 0 Å². The standard InChI is InChI=1S/C11H13IN2O4/c12-8-4-5-9(10(7-8)14(17)18)13-6-2-1-3-11(15)16/h4-5,7,13H,1-3,6H2,(H,15,16). The number of aliphatic carboxylic acids is 1. The van der Waals surface area contributed by atoms with Crippen LogP contribution in [0.25, 0.3) is 0 Å². The first-order valence-corrected chi connectivity index (χ1v) is 6.48. The number of carboxylic acid groups (broad SMARTS) is 1. The van der Waals surface area contributed by atoms with Crippen LogP contribution in [0.15, 0.2) is 18.2 Å². The summed E-state index contributed by atoms with van der Waals surface area (Å²) in [6, 6.07) is 4.95. The van der Waals surface area contributed by atoms with Crippen LogP contribution >= 0.6 is 22.6 Å². The van der Waals surface area contributed by atoms with Crippen molar-refractivity contribution in [2.45, 2.75) is 19.3 Å². The van der Waals surface area contributed by atoms with Crippen LogP contribution in [0.4, 0.5) is 11.4 Å². The molecule has 0 atom stereocenters. The number of hydrogen-bond acceptors (Lipinski definition) is 4. The van der Waals surface area contributed by atoms with E-state index >= 15 is 0 Å². The third-order valence-corrected chi connectivity index (χ3v) is 2.96. The van der Waals surface area contributed by atoms with Crippen LogP contribution < -0.4 is 5.32 Å². The molecule has 0 aliphatic heterocycles. The highest BCUT2D eigenvalue weighted by molar-refractivity contribution is 14.1. The number of rotatable bonds is 7. The minimum Gasteiger partial charge on any atom is -0.481 e. The first kappa shape index (κ1) is 14.7. The number of unbranched alkanes of at least 4 members (excludes halogenated alkanes) is 1. The summed E-state index contributed by atoms with van der Waals surface area (Å²) in [5.41, 5.74) is 0.510. The zero-order chi connectivity index (χ0) is 13.5. The lowest BCUT2D eigenvalue weighted by atomic mass is 10.2. The summed E-state index contributed by atoms with van der Waals surface area (Å²) in [5.74, 6) is -0.824. The number of nitro groups is 1. The van der Waals surface area contributed by atoms with Gasteiger partial charge in [0, 0.05) is 22.6 Å². The van der Waals surface area contributed by atoms with E-state index in [1.807, 2.05) is 22.6 Å². The first-order chi connectivity index (χ1) is 8.50. The summed E-state index contributed by atoms with van der Waals surface area (Å²) in [5, 5.41) is 22.3. The second-order valence-corrected chi connectivity index (χ2v) is 4.94. The normalized spacial score (nSPS) is 10.1. The maximum atomic E-state index is 10.8. The Hall–Kier alpha value is -1.38. The molecule has 0 amide bonds. The molecule has 0 unspecified atom stereocenters. The van der Waals surface area contributed by atoms with Gasteiger partial charge in [-0.25, -0.2) is 0 Å². The lowest BCUT2D eigenvalue weighted by Crippen LogP contribution is -2.05. The van der Waals surface area contributed by atoms with Gasteiger partial charge in [-0.05, 0) is 47.6 Å². The molecule has 0 saturated carbocycles. The molecule has 0 aliphatic rings. The molecule has 98 valence electrons. The fraction of sp³-hybridized carbons (Fsp3) is 0.364. The Labute approximate surface area is 118 Å². The van der Waals surface area contributed by atoms with Crippen molar-refractivity contribution in [3.8, 4) is 0 Å². The molecule has 2 N–H and O–H groups in total. The van der Waals surface area contributed by atoms with Crippen molar-refractivity contribution in [1.29, 1.82) is 0 Å². The molecule has 18 heavy (non-hydrogen) atoms. The van der Waals surface area contributed by atoms with Crippen LogP contribution in [0.1, 0.15) is 19.3 Å². The quantitative estimate of drug-likeness (QED) is 0.336. The molecule has 0 fully saturated rings. The summed E-state index contributed by atoms with van der Waals surface area (Å²) >= 11 is 2.02. The molecule has 1 aromatic carbocycles. The summed E-state index contributed by atoms with van der Waals surface area (Å²) in [7, 11) is 0. The molecule has 0 heterocycles. The van der Waals surface area contributed by atoms with Crippen molar-refractivity contribution in [3.63, 3.8) is 0 Å². The Balaban J connectivity index is 2.51. The Kier molecular flexibility index (Phi) is 5.83. The van der Waals surface area contributed by atoms with Crippen molar-refractivity contribution in [2.24, 2.45) is 0 Å². The van der Waals surface area contributed by atoms with Crippen LogP contribution in [0, 0.1) is 13.7 Å². The van der Waals surface area contributed by atoms with E-state index in [0.717, 1.165) is 3.57 Å². The van der Waals surface area contributed by atoms with Crippen LogP contribution in [0.5, 0.6) is 0 Å². The molecule has 0 radical (unpaired) electrons. The van der Waals surface area contributed by atoms with Crippen molar-refractivity contribution in [3.05, 3.63) is 31.9 Å². The molecule has 0 bridgehead atoms. The lowest BCUT2D eigenvalue weighted by Gasteiger charge is -2.06. The number of hydrogen-bond donors (Lipinski definition) is 2. The largest absolute Gasteiger partial charge is 0.481 e. The van der Waals surface area contributed by atoms with Crippen LogP contribution in [0.2, 0.25) is 0 Å². The minimum absolute atomic E-state index is 0.0418. The van der Waals surface area contributed by atoms with E-state index in [1.165, 1.54) is 6.07 Å². The van der Waals surface area contributed by atoms with E-state index in [4.69, 9.17) is 5.11 Å². The summed E-state index contributed by atoms with van der Waals surface area (Å²) in [6.07, 6.45) is 1.34. The maximum Gasteiger partial charge on any atom is 0.303 e. The van der Waals surface area contributed by atoms with Gasteiger partial charge in [-0.2, -0.15) is 0 Å². The van der Waals surface area contributed by atoms with Crippen LogP contribution in [-0.2, 0) is 4.79 Å². The second-order valence-electron chi connectivity index (χ2n) is 3.70. The average Bonchev–Trinajstić information content (AvgIpc) is 2.29. The molecule has 0 spiro atoms. The molecule has 7 heteroatoms. The lowest BCUT2D eigenvalue weighted by molar-refractivity contribution is -0.384. The highest BCUT2D eigenvalue weighted by atomic mass is 127. The number of nitro benzene ring substituents is 1. The number of benzene rings is 1. The summed E-state index contributed by atoms with van der Waals surface area (Å²) in [4.78, 5) is 20.7. The molecule has 1 aromatic rings. The van der Waals surface area contributed by atoms with Crippen molar-refractivity contribution in [1.82, 2.24) is 0 Å². The Morgan fingerprint density at radius 1 is 1.44 bits per heavy atom. The maximum absolute atomic E-state index is 10.8. The molecular weight excluding hydrogens is 351 g/mol. The van der Waals surface area contributed by atoms with Gasteiger partial charge in [0.1, 0.15) is 5.69 Å². The van der Waals surface area contributed by atoms with Gasteiger partial charge in [0.25, 0.3) is 5.69 Å². The Morgan fingerprint density at radius 2 is 2.17 bits per heavy atom. The topological polar surface area (TPSA) is 92.5 Å². The van der Waals surface area contributed by atoms with Crippen LogP contribution in [-0.4, -0.2) is 22.5 Å². The van der Waals surface area contributed by atoms with Gasteiger partial charge in [0.05, 0.1) is 4.92 Å².